The van der Waals surface area contributed by atoms with E-state index in [0.29, 0.717) is 28.1 Å². The van der Waals surface area contributed by atoms with Crippen LogP contribution in [0.2, 0.25) is 0 Å². The number of amides is 1. The number of hydrogen-bond acceptors (Lipinski definition) is 6. The molecule has 0 saturated carbocycles. The zero-order chi connectivity index (χ0) is 23.4. The minimum absolute atomic E-state index is 0.0223. The van der Waals surface area contributed by atoms with E-state index in [1.165, 1.54) is 36.0 Å². The van der Waals surface area contributed by atoms with Gasteiger partial charge in [-0.2, -0.15) is 0 Å². The molecule has 1 saturated heterocycles. The first kappa shape index (κ1) is 23.2. The molecule has 3 aromatic rings. The Hall–Kier alpha value is -2.95. The van der Waals surface area contributed by atoms with Gasteiger partial charge in [-0.1, -0.05) is 46.3 Å². The van der Waals surface area contributed by atoms with Crippen molar-refractivity contribution in [2.45, 2.75) is 6.61 Å². The van der Waals surface area contributed by atoms with Gasteiger partial charge in [0.1, 0.15) is 12.4 Å². The van der Waals surface area contributed by atoms with Crippen molar-refractivity contribution in [3.8, 4) is 5.75 Å². The van der Waals surface area contributed by atoms with Gasteiger partial charge in [0.15, 0.2) is 5.17 Å². The molecule has 3 aromatic carbocycles. The van der Waals surface area contributed by atoms with E-state index in [9.17, 15) is 14.9 Å². The fourth-order valence-corrected chi connectivity index (χ4v) is 5.16. The molecular formula is C23H15Br2N3O4S. The summed E-state index contributed by atoms with van der Waals surface area (Å²) in [6, 6.07) is 19.3. The highest BCUT2D eigenvalue weighted by Gasteiger charge is 2.25. The molecule has 1 heterocycles. The third kappa shape index (κ3) is 5.89. The van der Waals surface area contributed by atoms with Crippen LogP contribution in [0.3, 0.4) is 0 Å². The summed E-state index contributed by atoms with van der Waals surface area (Å²) in [5, 5.41) is 13.9. The van der Waals surface area contributed by atoms with E-state index in [-0.39, 0.29) is 11.6 Å². The molecule has 33 heavy (non-hydrogen) atoms. The van der Waals surface area contributed by atoms with Crippen LogP contribution in [0.4, 0.5) is 11.4 Å². The van der Waals surface area contributed by atoms with Gasteiger partial charge in [-0.05, 0) is 63.6 Å². The number of nitro groups is 1. The summed E-state index contributed by atoms with van der Waals surface area (Å²) in [7, 11) is 0. The van der Waals surface area contributed by atoms with Crippen LogP contribution in [0, 0.1) is 10.1 Å². The summed E-state index contributed by atoms with van der Waals surface area (Å²) < 4.78 is 7.65. The summed E-state index contributed by atoms with van der Waals surface area (Å²) in [6.07, 6.45) is 1.74. The molecule has 166 valence electrons. The monoisotopic (exact) mass is 587 g/mol. The van der Waals surface area contributed by atoms with Gasteiger partial charge in [0.25, 0.3) is 11.6 Å². The van der Waals surface area contributed by atoms with Gasteiger partial charge in [-0.3, -0.25) is 14.9 Å². The van der Waals surface area contributed by atoms with E-state index >= 15 is 0 Å². The normalized spacial score (nSPS) is 15.6. The summed E-state index contributed by atoms with van der Waals surface area (Å²) in [5.74, 6) is 0.328. The maximum absolute atomic E-state index is 12.5. The first-order valence-electron chi connectivity index (χ1n) is 9.59. The Morgan fingerprint density at radius 3 is 2.52 bits per heavy atom. The predicted octanol–water partition coefficient (Wildman–Crippen LogP) is 6.59. The molecule has 0 radical (unpaired) electrons. The largest absolute Gasteiger partial charge is 0.487 e. The van der Waals surface area contributed by atoms with Crippen molar-refractivity contribution in [2.24, 2.45) is 4.99 Å². The molecule has 1 aliphatic heterocycles. The van der Waals surface area contributed by atoms with Crippen LogP contribution in [-0.4, -0.2) is 16.0 Å². The predicted molar refractivity (Wildman–Crippen MR) is 137 cm³/mol. The van der Waals surface area contributed by atoms with Crippen LogP contribution in [0.1, 0.15) is 11.1 Å². The van der Waals surface area contributed by atoms with Crippen molar-refractivity contribution in [1.82, 2.24) is 5.32 Å². The molecule has 7 nitrogen and oxygen atoms in total. The molecule has 4 rings (SSSR count). The first-order valence-corrected chi connectivity index (χ1v) is 12.0. The van der Waals surface area contributed by atoms with Gasteiger partial charge >= 0.3 is 0 Å². The van der Waals surface area contributed by atoms with E-state index in [0.717, 1.165) is 20.1 Å². The average Bonchev–Trinajstić information content (AvgIpc) is 3.12. The molecule has 0 aliphatic carbocycles. The van der Waals surface area contributed by atoms with Crippen LogP contribution in [-0.2, 0) is 11.4 Å². The van der Waals surface area contributed by atoms with Crippen LogP contribution >= 0.6 is 43.6 Å². The molecule has 1 amide bonds. The van der Waals surface area contributed by atoms with Crippen LogP contribution < -0.4 is 10.1 Å². The number of carbonyl (C=O) groups is 1. The van der Waals surface area contributed by atoms with Gasteiger partial charge in [-0.15, -0.1) is 0 Å². The van der Waals surface area contributed by atoms with Crippen LogP contribution in [0.25, 0.3) is 6.08 Å². The van der Waals surface area contributed by atoms with Crippen molar-refractivity contribution in [3.05, 3.63) is 102 Å². The molecule has 0 atom stereocenters. The number of aliphatic imine (C=N–C) groups is 1. The Morgan fingerprint density at radius 2 is 1.82 bits per heavy atom. The Morgan fingerprint density at radius 1 is 1.09 bits per heavy atom. The molecular weight excluding hydrogens is 574 g/mol. The molecule has 1 N–H and O–H groups in total. The van der Waals surface area contributed by atoms with Gasteiger partial charge < -0.3 is 10.1 Å². The lowest BCUT2D eigenvalue weighted by Gasteiger charge is -2.12. The zero-order valence-electron chi connectivity index (χ0n) is 16.8. The highest BCUT2D eigenvalue weighted by atomic mass is 79.9. The standard InChI is InChI=1S/C23H15Br2N3O4S/c24-16-10-15(21(19(25)12-16)32-13-14-4-2-1-3-5-14)11-20-22(29)27-23(33-20)26-17-6-8-18(9-7-17)28(30)31/h1-12H,13H2,(H,26,27,29)/b20-11-. The molecule has 1 fully saturated rings. The highest BCUT2D eigenvalue weighted by Crippen LogP contribution is 2.37. The average molecular weight is 589 g/mol. The third-order valence-corrected chi connectivity index (χ3v) is 6.45. The van der Waals surface area contributed by atoms with Gasteiger partial charge in [-0.25, -0.2) is 4.99 Å². The molecule has 0 spiro atoms. The Kier molecular flexibility index (Phi) is 7.26. The molecule has 0 aromatic heterocycles. The van der Waals surface area contributed by atoms with Crippen molar-refractivity contribution in [3.63, 3.8) is 0 Å². The second-order valence-corrected chi connectivity index (χ2v) is 9.64. The molecule has 0 unspecified atom stereocenters. The Balaban J connectivity index is 1.58. The smallest absolute Gasteiger partial charge is 0.269 e. The number of carbonyl (C=O) groups excluding carboxylic acids is 1. The van der Waals surface area contributed by atoms with Crippen LogP contribution in [0.5, 0.6) is 5.75 Å². The fraction of sp³-hybridized carbons (Fsp3) is 0.0435. The van der Waals surface area contributed by atoms with Crippen molar-refractivity contribution < 1.29 is 14.5 Å². The summed E-state index contributed by atoms with van der Waals surface area (Å²) >= 11 is 8.22. The number of non-ortho nitro benzene ring substituents is 1. The number of amidine groups is 1. The Bertz CT molecular complexity index is 1280. The number of thioether (sulfide) groups is 1. The lowest BCUT2D eigenvalue weighted by Crippen LogP contribution is -2.19. The van der Waals surface area contributed by atoms with E-state index in [1.54, 1.807) is 6.08 Å². The maximum atomic E-state index is 12.5. The third-order valence-electron chi connectivity index (χ3n) is 4.49. The second-order valence-electron chi connectivity index (χ2n) is 6.84. The van der Waals surface area contributed by atoms with E-state index in [1.807, 2.05) is 42.5 Å². The zero-order valence-corrected chi connectivity index (χ0v) is 20.8. The fourth-order valence-electron chi connectivity index (χ4n) is 2.96. The van der Waals surface area contributed by atoms with Crippen LogP contribution in [0.15, 0.2) is 85.6 Å². The molecule has 0 bridgehead atoms. The topological polar surface area (TPSA) is 93.8 Å². The van der Waals surface area contributed by atoms with Gasteiger partial charge in [0, 0.05) is 22.2 Å². The molecule has 1 aliphatic rings. The van der Waals surface area contributed by atoms with Crippen molar-refractivity contribution in [2.75, 3.05) is 0 Å². The SMILES string of the molecule is O=C1NC(=Nc2ccc([N+](=O)[O-])cc2)S/C1=C\c1cc(Br)cc(Br)c1OCc1ccccc1. The highest BCUT2D eigenvalue weighted by molar-refractivity contribution is 9.11. The van der Waals surface area contributed by atoms with Crippen molar-refractivity contribution in [1.29, 1.82) is 0 Å². The number of ether oxygens (including phenoxy) is 1. The summed E-state index contributed by atoms with van der Waals surface area (Å²) in [6.45, 7) is 0.378. The number of halogens is 2. The first-order chi connectivity index (χ1) is 15.9. The quantitative estimate of drug-likeness (QED) is 0.199. The van der Waals surface area contributed by atoms with E-state index < -0.39 is 4.92 Å². The van der Waals surface area contributed by atoms with E-state index in [2.05, 4.69) is 42.2 Å². The number of hydrogen-bond donors (Lipinski definition) is 1. The minimum atomic E-state index is -0.475. The summed E-state index contributed by atoms with van der Waals surface area (Å²) in [4.78, 5) is 27.7. The number of rotatable bonds is 6. The van der Waals surface area contributed by atoms with Gasteiger partial charge in [0.05, 0.1) is 20.0 Å². The van der Waals surface area contributed by atoms with Gasteiger partial charge in [0.2, 0.25) is 0 Å². The lowest BCUT2D eigenvalue weighted by molar-refractivity contribution is -0.384. The number of nitrogens with one attached hydrogen (secondary N) is 1. The minimum Gasteiger partial charge on any atom is -0.487 e. The van der Waals surface area contributed by atoms with E-state index in [4.69, 9.17) is 4.74 Å². The number of benzene rings is 3. The number of nitro benzene ring substituents is 1. The summed E-state index contributed by atoms with van der Waals surface area (Å²) in [5.41, 5.74) is 2.23. The molecule has 10 heteroatoms. The lowest BCUT2D eigenvalue weighted by atomic mass is 10.1. The Labute approximate surface area is 210 Å². The number of nitrogens with zero attached hydrogens (tertiary/aromatic N) is 2. The second kappa shape index (κ2) is 10.3. The van der Waals surface area contributed by atoms with Crippen molar-refractivity contribution >= 4 is 72.1 Å². The maximum Gasteiger partial charge on any atom is 0.269 e.